The number of hydrogen-bond donors (Lipinski definition) is 0. The van der Waals surface area contributed by atoms with Crippen molar-refractivity contribution >= 4 is 0 Å². The number of ether oxygens (including phenoxy) is 1. The van der Waals surface area contributed by atoms with E-state index in [1.807, 2.05) is 0 Å². The van der Waals surface area contributed by atoms with Crippen LogP contribution in [0.2, 0.25) is 0 Å². The van der Waals surface area contributed by atoms with Gasteiger partial charge in [0.15, 0.2) is 0 Å². The summed E-state index contributed by atoms with van der Waals surface area (Å²) in [6.07, 6.45) is 1.17. The van der Waals surface area contributed by atoms with Gasteiger partial charge >= 0.3 is 0 Å². The van der Waals surface area contributed by atoms with Crippen molar-refractivity contribution in [2.45, 2.75) is 38.5 Å². The summed E-state index contributed by atoms with van der Waals surface area (Å²) in [5.41, 5.74) is 3.11. The van der Waals surface area contributed by atoms with Gasteiger partial charge in [-0.2, -0.15) is 0 Å². The molecule has 1 aliphatic rings. The maximum Gasteiger partial charge on any atom is 0.0535 e. The van der Waals surface area contributed by atoms with Gasteiger partial charge < -0.3 is 4.74 Å². The molecule has 0 unspecified atom stereocenters. The van der Waals surface area contributed by atoms with Crippen molar-refractivity contribution in [2.24, 2.45) is 0 Å². The third-order valence-corrected chi connectivity index (χ3v) is 3.15. The second-order valence-corrected chi connectivity index (χ2v) is 5.44. The first-order chi connectivity index (χ1) is 7.07. The summed E-state index contributed by atoms with van der Waals surface area (Å²) in [6, 6.07) is 8.97. The Morgan fingerprint density at radius 1 is 1.27 bits per heavy atom. The van der Waals surface area contributed by atoms with E-state index in [1.165, 1.54) is 17.5 Å². The molecule has 15 heavy (non-hydrogen) atoms. The SMILES string of the molecule is CC(C)(C)c1cccc([C@@H]2CCOC2)c1. The van der Waals surface area contributed by atoms with E-state index in [0.717, 1.165) is 13.2 Å². The van der Waals surface area contributed by atoms with Crippen LogP contribution in [0.25, 0.3) is 0 Å². The van der Waals surface area contributed by atoms with Crippen LogP contribution in [-0.4, -0.2) is 13.2 Å². The summed E-state index contributed by atoms with van der Waals surface area (Å²) in [6.45, 7) is 8.60. The largest absolute Gasteiger partial charge is 0.381 e. The molecule has 1 heteroatoms. The highest BCUT2D eigenvalue weighted by molar-refractivity contribution is 5.31. The van der Waals surface area contributed by atoms with E-state index in [4.69, 9.17) is 4.74 Å². The van der Waals surface area contributed by atoms with Crippen LogP contribution in [0.1, 0.15) is 44.2 Å². The van der Waals surface area contributed by atoms with Gasteiger partial charge in [-0.25, -0.2) is 0 Å². The van der Waals surface area contributed by atoms with Crippen LogP contribution in [0, 0.1) is 0 Å². The molecular formula is C14H20O. The van der Waals surface area contributed by atoms with Gasteiger partial charge in [0.25, 0.3) is 0 Å². The van der Waals surface area contributed by atoms with Crippen LogP contribution in [0.3, 0.4) is 0 Å². The van der Waals surface area contributed by atoms with Crippen molar-refractivity contribution < 1.29 is 4.74 Å². The molecule has 1 fully saturated rings. The number of hydrogen-bond acceptors (Lipinski definition) is 1. The fourth-order valence-electron chi connectivity index (χ4n) is 2.06. The molecule has 1 saturated heterocycles. The van der Waals surface area contributed by atoms with E-state index in [0.29, 0.717) is 5.92 Å². The van der Waals surface area contributed by atoms with Gasteiger partial charge in [-0.05, 0) is 23.0 Å². The number of rotatable bonds is 1. The van der Waals surface area contributed by atoms with Gasteiger partial charge in [-0.15, -0.1) is 0 Å². The molecule has 2 rings (SSSR count). The van der Waals surface area contributed by atoms with E-state index in [2.05, 4.69) is 45.0 Å². The zero-order valence-corrected chi connectivity index (χ0v) is 9.92. The van der Waals surface area contributed by atoms with Crippen LogP contribution in [0.4, 0.5) is 0 Å². The Kier molecular flexibility index (Phi) is 2.83. The molecule has 1 aromatic carbocycles. The Bertz CT molecular complexity index is 329. The molecule has 1 aliphatic heterocycles. The fraction of sp³-hybridized carbons (Fsp3) is 0.571. The molecule has 0 spiro atoms. The van der Waals surface area contributed by atoms with Gasteiger partial charge in [0.2, 0.25) is 0 Å². The highest BCUT2D eigenvalue weighted by Gasteiger charge is 2.20. The van der Waals surface area contributed by atoms with Crippen LogP contribution in [0.5, 0.6) is 0 Å². The lowest BCUT2D eigenvalue weighted by molar-refractivity contribution is 0.194. The van der Waals surface area contributed by atoms with Crippen molar-refractivity contribution in [2.75, 3.05) is 13.2 Å². The standard InChI is InChI=1S/C14H20O/c1-14(2,3)13-6-4-5-11(9-13)12-7-8-15-10-12/h4-6,9,12H,7-8,10H2,1-3H3/t12-/m1/s1. The van der Waals surface area contributed by atoms with Crippen LogP contribution < -0.4 is 0 Å². The van der Waals surface area contributed by atoms with Crippen molar-refractivity contribution in [3.63, 3.8) is 0 Å². The summed E-state index contributed by atoms with van der Waals surface area (Å²) in [4.78, 5) is 0. The second-order valence-electron chi connectivity index (χ2n) is 5.44. The molecule has 1 nitrogen and oxygen atoms in total. The fourth-order valence-corrected chi connectivity index (χ4v) is 2.06. The molecule has 0 aromatic heterocycles. The average molecular weight is 204 g/mol. The maximum absolute atomic E-state index is 5.44. The minimum Gasteiger partial charge on any atom is -0.381 e. The molecule has 0 N–H and O–H groups in total. The maximum atomic E-state index is 5.44. The minimum absolute atomic E-state index is 0.246. The molecule has 82 valence electrons. The Balaban J connectivity index is 2.26. The average Bonchev–Trinajstić information content (AvgIpc) is 2.69. The normalized spacial score (nSPS) is 21.9. The smallest absolute Gasteiger partial charge is 0.0535 e. The molecule has 0 radical (unpaired) electrons. The molecule has 1 atom stereocenters. The Morgan fingerprint density at radius 3 is 2.67 bits per heavy atom. The monoisotopic (exact) mass is 204 g/mol. The Hall–Kier alpha value is -0.820. The van der Waals surface area contributed by atoms with Gasteiger partial charge in [0, 0.05) is 12.5 Å². The summed E-state index contributed by atoms with van der Waals surface area (Å²) >= 11 is 0. The zero-order chi connectivity index (χ0) is 10.9. The van der Waals surface area contributed by atoms with Crippen molar-refractivity contribution in [1.29, 1.82) is 0 Å². The molecule has 1 heterocycles. The van der Waals surface area contributed by atoms with Crippen molar-refractivity contribution in [3.8, 4) is 0 Å². The summed E-state index contributed by atoms with van der Waals surface area (Å²) in [5, 5.41) is 0. The minimum atomic E-state index is 0.246. The highest BCUT2D eigenvalue weighted by Crippen LogP contribution is 2.29. The molecule has 0 amide bonds. The predicted octanol–water partition coefficient (Wildman–Crippen LogP) is 3.49. The van der Waals surface area contributed by atoms with E-state index in [-0.39, 0.29) is 5.41 Å². The predicted molar refractivity (Wildman–Crippen MR) is 63.3 cm³/mol. The lowest BCUT2D eigenvalue weighted by atomic mass is 9.84. The summed E-state index contributed by atoms with van der Waals surface area (Å²) in [7, 11) is 0. The first-order valence-electron chi connectivity index (χ1n) is 5.75. The Labute approximate surface area is 92.5 Å². The highest BCUT2D eigenvalue weighted by atomic mass is 16.5. The first-order valence-corrected chi connectivity index (χ1v) is 5.75. The van der Waals surface area contributed by atoms with Crippen LogP contribution in [-0.2, 0) is 10.2 Å². The topological polar surface area (TPSA) is 9.23 Å². The van der Waals surface area contributed by atoms with Gasteiger partial charge in [0.1, 0.15) is 0 Å². The summed E-state index contributed by atoms with van der Waals surface area (Å²) < 4.78 is 5.44. The molecule has 1 aromatic rings. The van der Waals surface area contributed by atoms with E-state index < -0.39 is 0 Å². The van der Waals surface area contributed by atoms with Crippen molar-refractivity contribution in [3.05, 3.63) is 35.4 Å². The second kappa shape index (κ2) is 3.97. The quantitative estimate of drug-likeness (QED) is 0.680. The molecule has 0 aliphatic carbocycles. The van der Waals surface area contributed by atoms with E-state index in [9.17, 15) is 0 Å². The van der Waals surface area contributed by atoms with Crippen LogP contribution >= 0.6 is 0 Å². The molecule has 0 saturated carbocycles. The lowest BCUT2D eigenvalue weighted by Gasteiger charge is -2.20. The molecule has 0 bridgehead atoms. The van der Waals surface area contributed by atoms with E-state index in [1.54, 1.807) is 0 Å². The van der Waals surface area contributed by atoms with Crippen molar-refractivity contribution in [1.82, 2.24) is 0 Å². The van der Waals surface area contributed by atoms with Gasteiger partial charge in [-0.3, -0.25) is 0 Å². The Morgan fingerprint density at radius 2 is 2.07 bits per heavy atom. The molecular weight excluding hydrogens is 184 g/mol. The van der Waals surface area contributed by atoms with E-state index >= 15 is 0 Å². The third kappa shape index (κ3) is 2.40. The van der Waals surface area contributed by atoms with Crippen LogP contribution in [0.15, 0.2) is 24.3 Å². The van der Waals surface area contributed by atoms with Gasteiger partial charge in [-0.1, -0.05) is 45.0 Å². The third-order valence-electron chi connectivity index (χ3n) is 3.15. The first kappa shape index (κ1) is 10.7. The number of benzene rings is 1. The lowest BCUT2D eigenvalue weighted by Crippen LogP contribution is -2.12. The zero-order valence-electron chi connectivity index (χ0n) is 9.92. The van der Waals surface area contributed by atoms with Gasteiger partial charge in [0.05, 0.1) is 6.61 Å². The summed E-state index contributed by atoms with van der Waals surface area (Å²) in [5.74, 6) is 0.618.